The lowest BCUT2D eigenvalue weighted by molar-refractivity contribution is -0.131. The first-order valence-electron chi connectivity index (χ1n) is 6.80. The van der Waals surface area contributed by atoms with Crippen molar-refractivity contribution in [2.75, 3.05) is 0 Å². The highest BCUT2D eigenvalue weighted by atomic mass is 35.5. The number of carboxylic acid groups (broad SMARTS) is 1. The van der Waals surface area contributed by atoms with Gasteiger partial charge in [0.15, 0.2) is 0 Å². The number of rotatable bonds is 4. The van der Waals surface area contributed by atoms with Crippen molar-refractivity contribution in [2.24, 2.45) is 5.92 Å². The van der Waals surface area contributed by atoms with E-state index in [9.17, 15) is 4.79 Å². The van der Waals surface area contributed by atoms with Gasteiger partial charge < -0.3 is 5.11 Å². The number of benzene rings is 1. The van der Waals surface area contributed by atoms with Crippen molar-refractivity contribution >= 4 is 17.6 Å². The quantitative estimate of drug-likeness (QED) is 0.814. The molecular weight excluding hydrogens is 260 g/mol. The lowest BCUT2D eigenvalue weighted by Gasteiger charge is -2.28. The molecule has 3 heteroatoms. The van der Waals surface area contributed by atoms with Crippen LogP contribution in [0.1, 0.15) is 43.6 Å². The van der Waals surface area contributed by atoms with Crippen LogP contribution in [-0.2, 0) is 4.79 Å². The Morgan fingerprint density at radius 1 is 1.21 bits per heavy atom. The third-order valence-corrected chi connectivity index (χ3v) is 4.17. The van der Waals surface area contributed by atoms with Crippen LogP contribution in [0.3, 0.4) is 0 Å². The van der Waals surface area contributed by atoms with Gasteiger partial charge in [-0.1, -0.05) is 29.8 Å². The molecule has 0 heterocycles. The van der Waals surface area contributed by atoms with Gasteiger partial charge in [0.05, 0.1) is 0 Å². The Hall–Kier alpha value is -1.28. The molecule has 1 saturated carbocycles. The third kappa shape index (κ3) is 4.39. The predicted molar refractivity (Wildman–Crippen MR) is 77.5 cm³/mol. The first kappa shape index (κ1) is 14.1. The van der Waals surface area contributed by atoms with Gasteiger partial charge in [0.1, 0.15) is 0 Å². The molecule has 19 heavy (non-hydrogen) atoms. The van der Waals surface area contributed by atoms with Gasteiger partial charge in [0, 0.05) is 11.1 Å². The van der Waals surface area contributed by atoms with Crippen LogP contribution >= 0.6 is 11.6 Å². The molecule has 1 aromatic carbocycles. The Balaban J connectivity index is 1.82. The summed E-state index contributed by atoms with van der Waals surface area (Å²) in [6.07, 6.45) is 8.66. The van der Waals surface area contributed by atoms with Gasteiger partial charge in [-0.2, -0.15) is 0 Å². The van der Waals surface area contributed by atoms with Crippen LogP contribution < -0.4 is 0 Å². The Bertz CT molecular complexity index is 442. The predicted octanol–water partition coefficient (Wildman–Crippen LogP) is 4.64. The van der Waals surface area contributed by atoms with Crippen LogP contribution in [0.15, 0.2) is 36.4 Å². The molecule has 0 bridgehead atoms. The smallest absolute Gasteiger partial charge is 0.327 e. The second kappa shape index (κ2) is 6.76. The van der Waals surface area contributed by atoms with Crippen molar-refractivity contribution in [3.05, 3.63) is 47.0 Å². The van der Waals surface area contributed by atoms with Crippen LogP contribution in [0.5, 0.6) is 0 Å². The van der Waals surface area contributed by atoms with Crippen molar-refractivity contribution < 1.29 is 9.90 Å². The average Bonchev–Trinajstić information content (AvgIpc) is 2.40. The molecular formula is C16H19ClO2. The summed E-state index contributed by atoms with van der Waals surface area (Å²) in [6.45, 7) is 0. The van der Waals surface area contributed by atoms with Crippen LogP contribution in [0.4, 0.5) is 0 Å². The minimum absolute atomic E-state index is 0.636. The van der Waals surface area contributed by atoms with Crippen LogP contribution in [0.2, 0.25) is 5.02 Å². The van der Waals surface area contributed by atoms with Gasteiger partial charge in [0.2, 0.25) is 0 Å². The number of hydrogen-bond donors (Lipinski definition) is 1. The van der Waals surface area contributed by atoms with E-state index in [0.29, 0.717) is 11.8 Å². The average molecular weight is 279 g/mol. The zero-order chi connectivity index (χ0) is 13.7. The number of hydrogen-bond acceptors (Lipinski definition) is 1. The van der Waals surface area contributed by atoms with Crippen LogP contribution in [0, 0.1) is 5.92 Å². The van der Waals surface area contributed by atoms with E-state index < -0.39 is 5.97 Å². The summed E-state index contributed by atoms with van der Waals surface area (Å²) in [7, 11) is 0. The van der Waals surface area contributed by atoms with Crippen molar-refractivity contribution in [3.63, 3.8) is 0 Å². The first-order valence-corrected chi connectivity index (χ1v) is 7.18. The van der Waals surface area contributed by atoms with Crippen LogP contribution in [0.25, 0.3) is 0 Å². The Morgan fingerprint density at radius 3 is 2.42 bits per heavy atom. The van der Waals surface area contributed by atoms with E-state index in [-0.39, 0.29) is 0 Å². The number of aliphatic carboxylic acids is 1. The maximum Gasteiger partial charge on any atom is 0.327 e. The normalized spacial score (nSPS) is 23.6. The molecule has 0 radical (unpaired) electrons. The Labute approximate surface area is 119 Å². The maximum atomic E-state index is 10.4. The molecule has 1 aliphatic carbocycles. The molecule has 1 N–H and O–H groups in total. The summed E-state index contributed by atoms with van der Waals surface area (Å²) in [6, 6.07) is 8.16. The minimum Gasteiger partial charge on any atom is -0.478 e. The number of allylic oxidation sites excluding steroid dienone is 1. The Morgan fingerprint density at radius 2 is 1.84 bits per heavy atom. The molecule has 1 aliphatic rings. The third-order valence-electron chi connectivity index (χ3n) is 3.92. The fourth-order valence-electron chi connectivity index (χ4n) is 2.83. The fraction of sp³-hybridized carbons (Fsp3) is 0.438. The van der Waals surface area contributed by atoms with E-state index in [0.717, 1.165) is 11.4 Å². The molecule has 0 unspecified atom stereocenters. The molecule has 0 amide bonds. The van der Waals surface area contributed by atoms with Gasteiger partial charge in [-0.3, -0.25) is 0 Å². The van der Waals surface area contributed by atoms with Gasteiger partial charge in [-0.05, 0) is 61.6 Å². The van der Waals surface area contributed by atoms with Gasteiger partial charge in [-0.15, -0.1) is 0 Å². The van der Waals surface area contributed by atoms with Crippen molar-refractivity contribution in [1.82, 2.24) is 0 Å². The molecule has 0 spiro atoms. The van der Waals surface area contributed by atoms with E-state index in [1.165, 1.54) is 37.3 Å². The van der Waals surface area contributed by atoms with E-state index in [1.807, 2.05) is 12.1 Å². The zero-order valence-corrected chi connectivity index (χ0v) is 11.6. The van der Waals surface area contributed by atoms with E-state index >= 15 is 0 Å². The lowest BCUT2D eigenvalue weighted by Crippen LogP contribution is -2.12. The topological polar surface area (TPSA) is 37.3 Å². The second-order valence-corrected chi connectivity index (χ2v) is 5.68. The minimum atomic E-state index is -0.852. The summed E-state index contributed by atoms with van der Waals surface area (Å²) in [5.74, 6) is 0.422. The number of carboxylic acids is 1. The molecule has 0 saturated heterocycles. The van der Waals surface area contributed by atoms with Crippen molar-refractivity contribution in [3.8, 4) is 0 Å². The standard InChI is InChI=1S/C16H19ClO2/c17-15-10-8-14(9-11-15)13-6-4-12(5-7-13)2-1-3-16(18)19/h1,3,8-13H,2,4-7H2,(H,18,19)/b3-1+. The van der Waals surface area contributed by atoms with Gasteiger partial charge in [0.25, 0.3) is 0 Å². The van der Waals surface area contributed by atoms with Gasteiger partial charge in [-0.25, -0.2) is 4.79 Å². The monoisotopic (exact) mass is 278 g/mol. The highest BCUT2D eigenvalue weighted by molar-refractivity contribution is 6.30. The van der Waals surface area contributed by atoms with Crippen molar-refractivity contribution in [2.45, 2.75) is 38.0 Å². The largest absolute Gasteiger partial charge is 0.478 e. The molecule has 0 atom stereocenters. The lowest BCUT2D eigenvalue weighted by atomic mass is 9.77. The first-order chi connectivity index (χ1) is 9.15. The SMILES string of the molecule is O=C(O)/C=C/CC1CCC(c2ccc(Cl)cc2)CC1. The van der Waals surface area contributed by atoms with Gasteiger partial charge >= 0.3 is 5.97 Å². The highest BCUT2D eigenvalue weighted by Crippen LogP contribution is 2.37. The molecule has 0 aliphatic heterocycles. The summed E-state index contributed by atoms with van der Waals surface area (Å²) >= 11 is 5.90. The van der Waals surface area contributed by atoms with E-state index in [1.54, 1.807) is 6.08 Å². The molecule has 1 aromatic rings. The maximum absolute atomic E-state index is 10.4. The summed E-state index contributed by atoms with van der Waals surface area (Å²) in [5, 5.41) is 9.35. The number of carbonyl (C=O) groups is 1. The van der Waals surface area contributed by atoms with Crippen LogP contribution in [-0.4, -0.2) is 11.1 Å². The van der Waals surface area contributed by atoms with Crippen molar-refractivity contribution in [1.29, 1.82) is 0 Å². The summed E-state index contributed by atoms with van der Waals surface area (Å²) < 4.78 is 0. The fourth-order valence-corrected chi connectivity index (χ4v) is 2.95. The molecule has 2 nitrogen and oxygen atoms in total. The zero-order valence-electron chi connectivity index (χ0n) is 10.9. The molecule has 2 rings (SSSR count). The Kier molecular flexibility index (Phi) is 5.03. The molecule has 102 valence electrons. The number of halogens is 1. The van der Waals surface area contributed by atoms with E-state index in [4.69, 9.17) is 16.7 Å². The summed E-state index contributed by atoms with van der Waals surface area (Å²) in [5.41, 5.74) is 1.38. The summed E-state index contributed by atoms with van der Waals surface area (Å²) in [4.78, 5) is 10.4. The highest BCUT2D eigenvalue weighted by Gasteiger charge is 2.21. The molecule has 1 fully saturated rings. The second-order valence-electron chi connectivity index (χ2n) is 5.25. The van der Waals surface area contributed by atoms with E-state index in [2.05, 4.69) is 12.1 Å². The molecule has 0 aromatic heterocycles.